The second kappa shape index (κ2) is 6.84. The van der Waals surface area contributed by atoms with Gasteiger partial charge in [0.05, 0.1) is 6.61 Å². The minimum absolute atomic E-state index is 0.106. The smallest absolute Gasteiger partial charge is 0.273 e. The van der Waals surface area contributed by atoms with Crippen molar-refractivity contribution in [2.75, 3.05) is 32.8 Å². The number of carbonyl (C=O) groups excluding carboxylic acids is 1. The summed E-state index contributed by atoms with van der Waals surface area (Å²) in [6, 6.07) is 1.99. The predicted octanol–water partition coefficient (Wildman–Crippen LogP) is 2.03. The molecular formula is C18H27N3O3. The maximum absolute atomic E-state index is 12.4. The lowest BCUT2D eigenvalue weighted by atomic mass is 10.0. The summed E-state index contributed by atoms with van der Waals surface area (Å²) in [7, 11) is 0. The van der Waals surface area contributed by atoms with E-state index in [0.717, 1.165) is 51.4 Å². The van der Waals surface area contributed by atoms with Gasteiger partial charge in [0.1, 0.15) is 5.76 Å². The molecule has 6 nitrogen and oxygen atoms in total. The van der Waals surface area contributed by atoms with Crippen LogP contribution in [0.1, 0.15) is 54.8 Å². The van der Waals surface area contributed by atoms with Gasteiger partial charge in [0, 0.05) is 44.3 Å². The molecule has 132 valence electrons. The van der Waals surface area contributed by atoms with Gasteiger partial charge in [0.25, 0.3) is 5.91 Å². The zero-order valence-electron chi connectivity index (χ0n) is 14.4. The lowest BCUT2D eigenvalue weighted by Crippen LogP contribution is -2.40. The van der Waals surface area contributed by atoms with Crippen molar-refractivity contribution in [2.45, 2.75) is 44.6 Å². The van der Waals surface area contributed by atoms with Gasteiger partial charge in [-0.3, -0.25) is 4.79 Å². The van der Waals surface area contributed by atoms with Crippen LogP contribution in [-0.4, -0.2) is 54.9 Å². The molecule has 6 heteroatoms. The summed E-state index contributed by atoms with van der Waals surface area (Å²) in [6.07, 6.45) is 4.72. The third-order valence-corrected chi connectivity index (χ3v) is 5.52. The highest BCUT2D eigenvalue weighted by Crippen LogP contribution is 2.40. The van der Waals surface area contributed by atoms with Crippen LogP contribution in [0, 0.1) is 11.8 Å². The number of ether oxygens (including phenoxy) is 1. The van der Waals surface area contributed by atoms with Gasteiger partial charge in [-0.05, 0) is 37.5 Å². The quantitative estimate of drug-likeness (QED) is 0.893. The molecular weight excluding hydrogens is 306 g/mol. The van der Waals surface area contributed by atoms with E-state index >= 15 is 0 Å². The molecule has 1 N–H and O–H groups in total. The summed E-state index contributed by atoms with van der Waals surface area (Å²) >= 11 is 0. The number of amides is 1. The van der Waals surface area contributed by atoms with E-state index in [-0.39, 0.29) is 11.9 Å². The van der Waals surface area contributed by atoms with E-state index in [4.69, 9.17) is 9.26 Å². The fourth-order valence-electron chi connectivity index (χ4n) is 3.92. The Bertz CT molecular complexity index is 578. The van der Waals surface area contributed by atoms with Crippen molar-refractivity contribution < 1.29 is 14.1 Å². The molecule has 3 atom stereocenters. The lowest BCUT2D eigenvalue weighted by Gasteiger charge is -2.26. The second-order valence-electron chi connectivity index (χ2n) is 7.75. The average molecular weight is 333 g/mol. The van der Waals surface area contributed by atoms with Crippen molar-refractivity contribution in [1.29, 1.82) is 0 Å². The van der Waals surface area contributed by atoms with Crippen molar-refractivity contribution in [3.8, 4) is 0 Å². The van der Waals surface area contributed by atoms with Gasteiger partial charge < -0.3 is 19.5 Å². The minimum atomic E-state index is -0.106. The van der Waals surface area contributed by atoms with Crippen LogP contribution in [0.25, 0.3) is 0 Å². The molecule has 2 saturated heterocycles. The first-order chi connectivity index (χ1) is 11.7. The first kappa shape index (κ1) is 16.1. The van der Waals surface area contributed by atoms with Gasteiger partial charge in [0.2, 0.25) is 0 Å². The fraction of sp³-hybridized carbons (Fsp3) is 0.778. The molecule has 1 saturated carbocycles. The topological polar surface area (TPSA) is 67.6 Å². The Labute approximate surface area is 142 Å². The summed E-state index contributed by atoms with van der Waals surface area (Å²) in [4.78, 5) is 14.9. The van der Waals surface area contributed by atoms with E-state index < -0.39 is 0 Å². The van der Waals surface area contributed by atoms with Crippen LogP contribution < -0.4 is 5.32 Å². The van der Waals surface area contributed by atoms with Crippen molar-refractivity contribution in [3.63, 3.8) is 0 Å². The maximum Gasteiger partial charge on any atom is 0.273 e. The van der Waals surface area contributed by atoms with Gasteiger partial charge in [-0.1, -0.05) is 12.1 Å². The summed E-state index contributed by atoms with van der Waals surface area (Å²) < 4.78 is 10.9. The molecule has 0 bridgehead atoms. The Morgan fingerprint density at radius 3 is 3.00 bits per heavy atom. The molecule has 0 spiro atoms. The third-order valence-electron chi connectivity index (χ3n) is 5.52. The molecule has 0 radical (unpaired) electrons. The first-order valence-corrected chi connectivity index (χ1v) is 9.26. The van der Waals surface area contributed by atoms with Crippen molar-refractivity contribution in [2.24, 2.45) is 11.8 Å². The molecule has 2 aliphatic heterocycles. The van der Waals surface area contributed by atoms with Crippen LogP contribution in [0.3, 0.4) is 0 Å². The number of hydrogen-bond donors (Lipinski definition) is 1. The van der Waals surface area contributed by atoms with E-state index in [2.05, 4.69) is 22.3 Å². The third kappa shape index (κ3) is 3.64. The summed E-state index contributed by atoms with van der Waals surface area (Å²) in [6.45, 7) is 7.02. The molecule has 1 aromatic rings. The highest BCUT2D eigenvalue weighted by molar-refractivity contribution is 5.92. The Hall–Kier alpha value is -1.40. The van der Waals surface area contributed by atoms with E-state index in [1.165, 1.54) is 12.8 Å². The number of nitrogens with zero attached hydrogens (tertiary/aromatic N) is 2. The molecule has 1 aromatic heterocycles. The number of nitrogens with one attached hydrogen (secondary N) is 1. The van der Waals surface area contributed by atoms with E-state index in [1.54, 1.807) is 0 Å². The molecule has 1 aliphatic carbocycles. The first-order valence-electron chi connectivity index (χ1n) is 9.26. The van der Waals surface area contributed by atoms with Crippen LogP contribution in [0.2, 0.25) is 0 Å². The second-order valence-corrected chi connectivity index (χ2v) is 7.75. The van der Waals surface area contributed by atoms with Crippen molar-refractivity contribution >= 4 is 5.91 Å². The van der Waals surface area contributed by atoms with Crippen LogP contribution in [-0.2, 0) is 4.74 Å². The van der Waals surface area contributed by atoms with Gasteiger partial charge in [-0.15, -0.1) is 0 Å². The zero-order valence-corrected chi connectivity index (χ0v) is 14.4. The number of aromatic nitrogens is 1. The Morgan fingerprint density at radius 2 is 2.25 bits per heavy atom. The molecule has 1 amide bonds. The van der Waals surface area contributed by atoms with Gasteiger partial charge >= 0.3 is 0 Å². The number of likely N-dealkylation sites (tertiary alicyclic amines) is 1. The Morgan fingerprint density at radius 1 is 1.38 bits per heavy atom. The summed E-state index contributed by atoms with van der Waals surface area (Å²) in [5.74, 6) is 2.33. The van der Waals surface area contributed by atoms with Crippen molar-refractivity contribution in [3.05, 3.63) is 17.5 Å². The molecule has 0 aromatic carbocycles. The lowest BCUT2D eigenvalue weighted by molar-refractivity contribution is 0.0412. The predicted molar refractivity (Wildman–Crippen MR) is 88.9 cm³/mol. The van der Waals surface area contributed by atoms with Gasteiger partial charge in [0.15, 0.2) is 5.69 Å². The largest absolute Gasteiger partial charge is 0.381 e. The molecule has 4 rings (SSSR count). The van der Waals surface area contributed by atoms with Gasteiger partial charge in [-0.25, -0.2) is 0 Å². The highest BCUT2D eigenvalue weighted by atomic mass is 16.5. The van der Waals surface area contributed by atoms with E-state index in [0.29, 0.717) is 23.4 Å². The number of rotatable bonds is 5. The summed E-state index contributed by atoms with van der Waals surface area (Å²) in [5.41, 5.74) is 0.420. The molecule has 3 fully saturated rings. The van der Waals surface area contributed by atoms with Crippen LogP contribution in [0.5, 0.6) is 0 Å². The van der Waals surface area contributed by atoms with Gasteiger partial charge in [-0.2, -0.15) is 0 Å². The Balaban J connectivity index is 1.29. The monoisotopic (exact) mass is 333 g/mol. The number of carbonyl (C=O) groups is 1. The van der Waals surface area contributed by atoms with Crippen LogP contribution in [0.4, 0.5) is 0 Å². The average Bonchev–Trinajstić information content (AvgIpc) is 3.21. The Kier molecular flexibility index (Phi) is 4.59. The molecule has 3 aliphatic rings. The molecule has 3 heterocycles. The highest BCUT2D eigenvalue weighted by Gasteiger charge is 2.34. The SMILES string of the molecule is CC1CN(CC2CCCOC2)CC1NC(=O)c1cc(C2CC2)on1. The molecule has 3 unspecified atom stereocenters. The van der Waals surface area contributed by atoms with Crippen LogP contribution in [0.15, 0.2) is 10.6 Å². The number of hydrogen-bond acceptors (Lipinski definition) is 5. The van der Waals surface area contributed by atoms with E-state index in [9.17, 15) is 4.79 Å². The van der Waals surface area contributed by atoms with Crippen LogP contribution >= 0.6 is 0 Å². The zero-order chi connectivity index (χ0) is 16.5. The fourth-order valence-corrected chi connectivity index (χ4v) is 3.92. The minimum Gasteiger partial charge on any atom is -0.381 e. The molecule has 24 heavy (non-hydrogen) atoms. The standard InChI is InChI=1S/C18H27N3O3/c1-12-8-21(9-13-3-2-6-23-11-13)10-16(12)19-18(22)15-7-17(24-20-15)14-4-5-14/h7,12-14,16H,2-6,8-11H2,1H3,(H,19,22). The van der Waals surface area contributed by atoms with E-state index in [1.807, 2.05) is 6.07 Å². The normalized spacial score (nSPS) is 31.3. The maximum atomic E-state index is 12.4. The summed E-state index contributed by atoms with van der Waals surface area (Å²) in [5, 5.41) is 7.09. The van der Waals surface area contributed by atoms with Crippen molar-refractivity contribution in [1.82, 2.24) is 15.4 Å².